The van der Waals surface area contributed by atoms with Gasteiger partial charge in [-0.05, 0) is 41.2 Å². The Balaban J connectivity index is 1.75. The monoisotopic (exact) mass is 436 g/mol. The van der Waals surface area contributed by atoms with Gasteiger partial charge in [0.2, 0.25) is 11.8 Å². The molecule has 0 aliphatic carbocycles. The van der Waals surface area contributed by atoms with Crippen LogP contribution in [0.15, 0.2) is 48.5 Å². The highest BCUT2D eigenvalue weighted by molar-refractivity contribution is 5.99. The molecule has 2 amide bonds. The number of carboxylic acid groups (broad SMARTS) is 1. The Hall–Kier alpha value is -3.35. The molecule has 1 saturated heterocycles. The van der Waals surface area contributed by atoms with Gasteiger partial charge in [-0.2, -0.15) is 0 Å². The molecule has 3 atom stereocenters. The zero-order chi connectivity index (χ0) is 23.0. The van der Waals surface area contributed by atoms with Gasteiger partial charge in [-0.15, -0.1) is 0 Å². The van der Waals surface area contributed by atoms with Gasteiger partial charge in [0.15, 0.2) is 0 Å². The predicted octanol–water partition coefficient (Wildman–Crippen LogP) is 2.60. The van der Waals surface area contributed by atoms with E-state index in [9.17, 15) is 24.6 Å². The Morgan fingerprint density at radius 2 is 1.69 bits per heavy atom. The summed E-state index contributed by atoms with van der Waals surface area (Å²) in [5, 5.41) is 19.6. The number of fused-ring (bicyclic) bond motifs is 2. The number of benzene rings is 2. The molecular formula is C25H28N2O5. The molecule has 0 spiro atoms. The zero-order valence-electron chi connectivity index (χ0n) is 18.3. The van der Waals surface area contributed by atoms with Crippen molar-refractivity contribution in [1.82, 2.24) is 9.80 Å². The molecule has 0 radical (unpaired) electrons. The Morgan fingerprint density at radius 3 is 2.31 bits per heavy atom. The highest BCUT2D eigenvalue weighted by Crippen LogP contribution is 2.33. The topological polar surface area (TPSA) is 98.2 Å². The second-order valence-electron chi connectivity index (χ2n) is 9.07. The third-order valence-corrected chi connectivity index (χ3v) is 6.37. The summed E-state index contributed by atoms with van der Waals surface area (Å²) in [6.07, 6.45) is 0.846. The van der Waals surface area contributed by atoms with Crippen LogP contribution < -0.4 is 0 Å². The van der Waals surface area contributed by atoms with E-state index in [0.717, 1.165) is 16.7 Å². The van der Waals surface area contributed by atoms with Crippen LogP contribution in [0, 0.1) is 5.92 Å². The number of aliphatic carboxylic acids is 1. The minimum atomic E-state index is -1.10. The second kappa shape index (κ2) is 8.65. The van der Waals surface area contributed by atoms with Crippen molar-refractivity contribution in [3.05, 3.63) is 65.2 Å². The van der Waals surface area contributed by atoms with Gasteiger partial charge in [0.05, 0.1) is 0 Å². The van der Waals surface area contributed by atoms with Crippen LogP contribution in [0.4, 0.5) is 0 Å². The van der Waals surface area contributed by atoms with E-state index in [1.807, 2.05) is 38.1 Å². The summed E-state index contributed by atoms with van der Waals surface area (Å²) in [5.74, 6) is -1.49. The van der Waals surface area contributed by atoms with Gasteiger partial charge in [0.1, 0.15) is 23.9 Å². The number of phenolic OH excluding ortho intramolecular Hbond substituents is 1. The first-order chi connectivity index (χ1) is 15.3. The number of aromatic hydroxyl groups is 1. The lowest BCUT2D eigenvalue weighted by Gasteiger charge is -2.49. The summed E-state index contributed by atoms with van der Waals surface area (Å²) >= 11 is 0. The number of phenols is 1. The zero-order valence-corrected chi connectivity index (χ0v) is 18.3. The molecule has 2 aromatic rings. The first-order valence-corrected chi connectivity index (χ1v) is 11.0. The predicted molar refractivity (Wildman–Crippen MR) is 118 cm³/mol. The first kappa shape index (κ1) is 21.9. The van der Waals surface area contributed by atoms with Gasteiger partial charge in [-0.1, -0.05) is 50.2 Å². The molecule has 1 fully saturated rings. The average molecular weight is 437 g/mol. The molecule has 7 heteroatoms. The molecule has 2 aromatic carbocycles. The smallest absolute Gasteiger partial charge is 0.326 e. The number of piperazine rings is 1. The van der Waals surface area contributed by atoms with E-state index in [2.05, 4.69) is 0 Å². The fraction of sp³-hybridized carbons (Fsp3) is 0.400. The SMILES string of the molecule is CC(C)CC(C(=O)O)N1C(=O)C2Cc3ccccc3CN2C(=O)C1Cc1ccc(O)cc1. The normalized spacial score (nSPS) is 21.3. The van der Waals surface area contributed by atoms with Crippen molar-refractivity contribution in [2.45, 2.75) is 57.8 Å². The van der Waals surface area contributed by atoms with E-state index in [1.165, 1.54) is 17.0 Å². The highest BCUT2D eigenvalue weighted by Gasteiger charge is 2.51. The molecule has 2 N–H and O–H groups in total. The van der Waals surface area contributed by atoms with Gasteiger partial charge in [0.25, 0.3) is 0 Å². The van der Waals surface area contributed by atoms with Gasteiger partial charge in [-0.3, -0.25) is 9.59 Å². The molecule has 0 aromatic heterocycles. The van der Waals surface area contributed by atoms with Crippen molar-refractivity contribution < 1.29 is 24.6 Å². The maximum absolute atomic E-state index is 13.7. The molecular weight excluding hydrogens is 408 g/mol. The molecule has 4 rings (SSSR count). The molecule has 7 nitrogen and oxygen atoms in total. The number of nitrogens with zero attached hydrogens (tertiary/aromatic N) is 2. The lowest BCUT2D eigenvalue weighted by Crippen LogP contribution is -2.69. The van der Waals surface area contributed by atoms with Crippen LogP contribution in [0.3, 0.4) is 0 Å². The Labute approximate surface area is 187 Å². The molecule has 0 bridgehead atoms. The third-order valence-electron chi connectivity index (χ3n) is 6.37. The van der Waals surface area contributed by atoms with E-state index in [0.29, 0.717) is 13.0 Å². The number of hydrogen-bond acceptors (Lipinski definition) is 4. The van der Waals surface area contributed by atoms with E-state index < -0.39 is 24.1 Å². The van der Waals surface area contributed by atoms with Crippen molar-refractivity contribution >= 4 is 17.8 Å². The minimum absolute atomic E-state index is 0.0402. The molecule has 0 saturated carbocycles. The van der Waals surface area contributed by atoms with Crippen LogP contribution in [-0.2, 0) is 33.8 Å². The van der Waals surface area contributed by atoms with Crippen LogP contribution in [0.2, 0.25) is 0 Å². The third kappa shape index (κ3) is 4.07. The Kier molecular flexibility index (Phi) is 5.91. The van der Waals surface area contributed by atoms with Crippen LogP contribution in [-0.4, -0.2) is 55.9 Å². The molecule has 168 valence electrons. The molecule has 2 aliphatic rings. The summed E-state index contributed by atoms with van der Waals surface area (Å²) in [7, 11) is 0. The van der Waals surface area contributed by atoms with Gasteiger partial charge >= 0.3 is 5.97 Å². The van der Waals surface area contributed by atoms with Gasteiger partial charge in [0, 0.05) is 19.4 Å². The lowest BCUT2D eigenvalue weighted by atomic mass is 9.87. The van der Waals surface area contributed by atoms with Crippen molar-refractivity contribution in [2.24, 2.45) is 5.92 Å². The summed E-state index contributed by atoms with van der Waals surface area (Å²) in [6, 6.07) is 11.5. The van der Waals surface area contributed by atoms with Crippen molar-refractivity contribution in [2.75, 3.05) is 0 Å². The van der Waals surface area contributed by atoms with Crippen molar-refractivity contribution in [3.8, 4) is 5.75 Å². The number of amides is 2. The van der Waals surface area contributed by atoms with E-state index in [4.69, 9.17) is 0 Å². The van der Waals surface area contributed by atoms with Crippen LogP contribution in [0.25, 0.3) is 0 Å². The largest absolute Gasteiger partial charge is 0.508 e. The lowest BCUT2D eigenvalue weighted by molar-refractivity contribution is -0.171. The number of carbonyl (C=O) groups is 3. The number of rotatable bonds is 6. The molecule has 32 heavy (non-hydrogen) atoms. The van der Waals surface area contributed by atoms with E-state index in [-0.39, 0.29) is 36.3 Å². The second-order valence-corrected chi connectivity index (χ2v) is 9.07. The molecule has 2 aliphatic heterocycles. The van der Waals surface area contributed by atoms with Crippen molar-refractivity contribution in [1.29, 1.82) is 0 Å². The summed E-state index contributed by atoms with van der Waals surface area (Å²) in [5.41, 5.74) is 2.78. The Morgan fingerprint density at radius 1 is 1.03 bits per heavy atom. The number of hydrogen-bond donors (Lipinski definition) is 2. The molecule has 3 unspecified atom stereocenters. The van der Waals surface area contributed by atoms with Gasteiger partial charge < -0.3 is 20.0 Å². The quantitative estimate of drug-likeness (QED) is 0.725. The van der Waals surface area contributed by atoms with Gasteiger partial charge in [-0.25, -0.2) is 4.79 Å². The first-order valence-electron chi connectivity index (χ1n) is 11.0. The number of carboxylic acids is 1. The summed E-state index contributed by atoms with van der Waals surface area (Å²) in [4.78, 5) is 42.6. The minimum Gasteiger partial charge on any atom is -0.508 e. The van der Waals surface area contributed by atoms with E-state index in [1.54, 1.807) is 17.0 Å². The number of carbonyl (C=O) groups excluding carboxylic acids is 2. The maximum Gasteiger partial charge on any atom is 0.326 e. The van der Waals surface area contributed by atoms with Crippen LogP contribution in [0.1, 0.15) is 37.0 Å². The Bertz CT molecular complexity index is 1030. The average Bonchev–Trinajstić information content (AvgIpc) is 2.76. The van der Waals surface area contributed by atoms with Crippen molar-refractivity contribution in [3.63, 3.8) is 0 Å². The fourth-order valence-corrected chi connectivity index (χ4v) is 4.80. The van der Waals surface area contributed by atoms with Crippen LogP contribution in [0.5, 0.6) is 5.75 Å². The highest BCUT2D eigenvalue weighted by atomic mass is 16.4. The summed E-state index contributed by atoms with van der Waals surface area (Å²) in [6.45, 7) is 4.15. The summed E-state index contributed by atoms with van der Waals surface area (Å²) < 4.78 is 0. The molecule has 2 heterocycles. The fourth-order valence-electron chi connectivity index (χ4n) is 4.80. The maximum atomic E-state index is 13.7. The van der Waals surface area contributed by atoms with E-state index >= 15 is 0 Å². The van der Waals surface area contributed by atoms with Crippen LogP contribution >= 0.6 is 0 Å². The standard InChI is InChI=1S/C25H28N2O5/c1-15(2)11-22(25(31)32)27-21(12-16-7-9-19(28)10-8-16)23(29)26-14-18-6-4-3-5-17(18)13-20(26)24(27)30/h3-10,15,20-22,28H,11-14H2,1-2H3,(H,31,32).